The van der Waals surface area contributed by atoms with Crippen LogP contribution in [0.25, 0.3) is 0 Å². The van der Waals surface area contributed by atoms with E-state index in [0.29, 0.717) is 11.8 Å². The van der Waals surface area contributed by atoms with Crippen LogP contribution < -0.4 is 0 Å². The van der Waals surface area contributed by atoms with E-state index in [4.69, 9.17) is 0 Å². The van der Waals surface area contributed by atoms with Gasteiger partial charge in [0.15, 0.2) is 0 Å². The van der Waals surface area contributed by atoms with Crippen LogP contribution in [0.3, 0.4) is 0 Å². The predicted molar refractivity (Wildman–Crippen MR) is 61.3 cm³/mol. The molecule has 0 nitrogen and oxygen atoms in total. The molecule has 13 heavy (non-hydrogen) atoms. The first kappa shape index (κ1) is 8.97. The van der Waals surface area contributed by atoms with Crippen LogP contribution in [0.15, 0.2) is 47.8 Å². The highest BCUT2D eigenvalue weighted by Crippen LogP contribution is 2.47. The van der Waals surface area contributed by atoms with E-state index in [-0.39, 0.29) is 7.92 Å². The zero-order valence-corrected chi connectivity index (χ0v) is 9.04. The lowest BCUT2D eigenvalue weighted by molar-refractivity contribution is 0.680. The van der Waals surface area contributed by atoms with Crippen molar-refractivity contribution >= 4 is 7.92 Å². The molecule has 2 aliphatic carbocycles. The zero-order chi connectivity index (χ0) is 9.26. The summed E-state index contributed by atoms with van der Waals surface area (Å²) in [6, 6.07) is 0. The van der Waals surface area contributed by atoms with Crippen LogP contribution >= 0.6 is 7.92 Å². The summed E-state index contributed by atoms with van der Waals surface area (Å²) >= 11 is 0. The van der Waals surface area contributed by atoms with Crippen molar-refractivity contribution < 1.29 is 0 Å². The summed E-state index contributed by atoms with van der Waals surface area (Å²) in [7, 11) is 0.0738. The minimum absolute atomic E-state index is 0.0738. The van der Waals surface area contributed by atoms with Gasteiger partial charge in [0.2, 0.25) is 0 Å². The Morgan fingerprint density at radius 1 is 1.00 bits per heavy atom. The summed E-state index contributed by atoms with van der Waals surface area (Å²) in [5.41, 5.74) is 0. The normalized spacial score (nSPS) is 26.4. The standard InChI is InChI=1S/C12H15P/c1-13(2)12-9-5-8-11(12)10-6-3-4-7-10/h3-11H,1-2H3. The van der Waals surface area contributed by atoms with Crippen molar-refractivity contribution in [3.8, 4) is 0 Å². The van der Waals surface area contributed by atoms with Gasteiger partial charge in [-0.15, -0.1) is 0 Å². The molecule has 2 aliphatic rings. The molecule has 1 heteroatoms. The van der Waals surface area contributed by atoms with Crippen molar-refractivity contribution in [2.75, 3.05) is 13.3 Å². The average Bonchev–Trinajstić information content (AvgIpc) is 2.74. The van der Waals surface area contributed by atoms with Crippen LogP contribution in [0.5, 0.6) is 0 Å². The van der Waals surface area contributed by atoms with Gasteiger partial charge >= 0.3 is 0 Å². The van der Waals surface area contributed by atoms with Crippen LogP contribution in [0.1, 0.15) is 0 Å². The summed E-state index contributed by atoms with van der Waals surface area (Å²) in [5.74, 6) is 1.27. The molecule has 0 bridgehead atoms. The van der Waals surface area contributed by atoms with Crippen LogP contribution in [0.4, 0.5) is 0 Å². The Morgan fingerprint density at radius 2 is 1.69 bits per heavy atom. The predicted octanol–water partition coefficient (Wildman–Crippen LogP) is 3.54. The number of allylic oxidation sites excluding steroid dienone is 8. The second-order valence-electron chi connectivity index (χ2n) is 3.74. The summed E-state index contributed by atoms with van der Waals surface area (Å²) in [6.45, 7) is 4.67. The third-order valence-electron chi connectivity index (χ3n) is 2.64. The van der Waals surface area contributed by atoms with E-state index in [0.717, 1.165) is 0 Å². The lowest BCUT2D eigenvalue weighted by Crippen LogP contribution is -2.06. The van der Waals surface area contributed by atoms with E-state index in [1.807, 2.05) is 0 Å². The first-order valence-electron chi connectivity index (χ1n) is 4.70. The smallest absolute Gasteiger partial charge is 0.0123 e. The maximum absolute atomic E-state index is 2.34. The van der Waals surface area contributed by atoms with E-state index < -0.39 is 0 Å². The van der Waals surface area contributed by atoms with Crippen molar-refractivity contribution in [2.45, 2.75) is 0 Å². The highest BCUT2D eigenvalue weighted by Gasteiger charge is 2.23. The summed E-state index contributed by atoms with van der Waals surface area (Å²) in [5, 5.41) is 1.64. The molecule has 0 aromatic carbocycles. The van der Waals surface area contributed by atoms with Crippen LogP contribution in [-0.4, -0.2) is 13.3 Å². The molecule has 68 valence electrons. The van der Waals surface area contributed by atoms with E-state index in [9.17, 15) is 0 Å². The summed E-state index contributed by atoms with van der Waals surface area (Å²) < 4.78 is 0. The molecule has 0 aromatic heterocycles. The number of hydrogen-bond donors (Lipinski definition) is 0. The highest BCUT2D eigenvalue weighted by atomic mass is 31.1. The van der Waals surface area contributed by atoms with Crippen molar-refractivity contribution in [1.82, 2.24) is 0 Å². The number of hydrogen-bond acceptors (Lipinski definition) is 0. The lowest BCUT2D eigenvalue weighted by Gasteiger charge is -2.20. The maximum atomic E-state index is 2.34. The van der Waals surface area contributed by atoms with Crippen molar-refractivity contribution in [3.05, 3.63) is 47.8 Å². The molecule has 0 saturated carbocycles. The molecule has 0 fully saturated rings. The topological polar surface area (TPSA) is 0 Å². The molecule has 0 amide bonds. The second-order valence-corrected chi connectivity index (χ2v) is 6.05. The monoisotopic (exact) mass is 190 g/mol. The zero-order valence-electron chi connectivity index (χ0n) is 8.14. The highest BCUT2D eigenvalue weighted by molar-refractivity contribution is 7.60. The fraction of sp³-hybridized carbons (Fsp3) is 0.333. The van der Waals surface area contributed by atoms with Gasteiger partial charge in [-0.05, 0) is 18.6 Å². The van der Waals surface area contributed by atoms with E-state index in [2.05, 4.69) is 55.9 Å². The Kier molecular flexibility index (Phi) is 2.51. The molecule has 1 atom stereocenters. The molecule has 1 unspecified atom stereocenters. The minimum Gasteiger partial charge on any atom is -0.0854 e. The fourth-order valence-electron chi connectivity index (χ4n) is 1.94. The Bertz CT molecular complexity index is 293. The molecule has 0 spiro atoms. The number of rotatable bonds is 2. The fourth-order valence-corrected chi connectivity index (χ4v) is 3.18. The average molecular weight is 190 g/mol. The molecule has 2 rings (SSSR count). The Hall–Kier alpha value is -0.610. The Labute approximate surface area is 81.5 Å². The molecule has 0 saturated heterocycles. The van der Waals surface area contributed by atoms with Crippen LogP contribution in [0.2, 0.25) is 0 Å². The lowest BCUT2D eigenvalue weighted by atomic mass is 9.95. The molecule has 0 aliphatic heterocycles. The Balaban J connectivity index is 2.16. The van der Waals surface area contributed by atoms with Gasteiger partial charge in [-0.2, -0.15) is 0 Å². The molecule has 0 N–H and O–H groups in total. The SMILES string of the molecule is CP(C)C1=CC=CC1C1C=CC=C1. The van der Waals surface area contributed by atoms with Gasteiger partial charge in [0.25, 0.3) is 0 Å². The van der Waals surface area contributed by atoms with Crippen LogP contribution in [0, 0.1) is 11.8 Å². The molecule has 0 aromatic rings. The summed E-state index contributed by atoms with van der Waals surface area (Å²) in [6.07, 6.45) is 15.8. The van der Waals surface area contributed by atoms with Crippen molar-refractivity contribution in [1.29, 1.82) is 0 Å². The van der Waals surface area contributed by atoms with Crippen LogP contribution in [-0.2, 0) is 0 Å². The third-order valence-corrected chi connectivity index (χ3v) is 4.12. The van der Waals surface area contributed by atoms with E-state index in [1.165, 1.54) is 0 Å². The van der Waals surface area contributed by atoms with Gasteiger partial charge in [0, 0.05) is 11.8 Å². The van der Waals surface area contributed by atoms with Crippen molar-refractivity contribution in [2.24, 2.45) is 11.8 Å². The quantitative estimate of drug-likeness (QED) is 0.584. The van der Waals surface area contributed by atoms with Gasteiger partial charge < -0.3 is 0 Å². The maximum Gasteiger partial charge on any atom is 0.0123 e. The molecule has 0 radical (unpaired) electrons. The van der Waals surface area contributed by atoms with Gasteiger partial charge in [-0.25, -0.2) is 0 Å². The van der Waals surface area contributed by atoms with E-state index in [1.54, 1.807) is 5.31 Å². The largest absolute Gasteiger partial charge is 0.0854 e. The first-order valence-corrected chi connectivity index (χ1v) is 6.93. The first-order chi connectivity index (χ1) is 6.29. The minimum atomic E-state index is 0.0738. The van der Waals surface area contributed by atoms with Gasteiger partial charge in [-0.3, -0.25) is 0 Å². The molecular formula is C12H15P. The van der Waals surface area contributed by atoms with E-state index >= 15 is 0 Å². The third kappa shape index (κ3) is 1.69. The summed E-state index contributed by atoms with van der Waals surface area (Å²) in [4.78, 5) is 0. The Morgan fingerprint density at radius 3 is 2.31 bits per heavy atom. The molecular weight excluding hydrogens is 175 g/mol. The molecule has 0 heterocycles. The van der Waals surface area contributed by atoms with Gasteiger partial charge in [0.05, 0.1) is 0 Å². The van der Waals surface area contributed by atoms with Crippen molar-refractivity contribution in [3.63, 3.8) is 0 Å². The second kappa shape index (κ2) is 3.64. The van der Waals surface area contributed by atoms with Gasteiger partial charge in [-0.1, -0.05) is 50.5 Å². The van der Waals surface area contributed by atoms with Gasteiger partial charge in [0.1, 0.15) is 0 Å².